The number of hydrogen-bond acceptors (Lipinski definition) is 6. The largest absolute Gasteiger partial charge is 0.462 e. The van der Waals surface area contributed by atoms with E-state index in [0.29, 0.717) is 35.6 Å². The molecule has 8 heteroatoms. The van der Waals surface area contributed by atoms with Gasteiger partial charge in [-0.15, -0.1) is 11.3 Å². The zero-order valence-corrected chi connectivity index (χ0v) is 16.9. The Hall–Kier alpha value is -2.87. The number of benzene rings is 1. The average Bonchev–Trinajstić information content (AvgIpc) is 3.04. The van der Waals surface area contributed by atoms with Gasteiger partial charge in [0.25, 0.3) is 5.91 Å². The van der Waals surface area contributed by atoms with Crippen LogP contribution in [-0.4, -0.2) is 43.1 Å². The maximum atomic E-state index is 12.8. The number of amides is 2. The van der Waals surface area contributed by atoms with E-state index >= 15 is 0 Å². The quantitative estimate of drug-likeness (QED) is 0.790. The number of carbonyl (C=O) groups is 3. The Morgan fingerprint density at radius 2 is 2.00 bits per heavy atom. The Balaban J connectivity index is 1.95. The number of aryl methyl sites for hydroxylation is 1. The highest BCUT2D eigenvalue weighted by Crippen LogP contribution is 2.38. The van der Waals surface area contributed by atoms with E-state index in [4.69, 9.17) is 9.47 Å². The number of nitrogens with one attached hydrogen (secondary N) is 1. The van der Waals surface area contributed by atoms with Gasteiger partial charge in [-0.3, -0.25) is 4.79 Å². The maximum Gasteiger partial charge on any atom is 0.409 e. The van der Waals surface area contributed by atoms with Crippen LogP contribution in [0.3, 0.4) is 0 Å². The summed E-state index contributed by atoms with van der Waals surface area (Å²) in [6, 6.07) is 7.25. The standard InChI is InChI=1S/C20H22N2O5S/c1-4-27-19(24)16-14-9-10-22(20(25)26-3)11-15(14)28-18(16)21-17(23)13-8-6-5-7-12(13)2/h5-8H,4,9-11H2,1-3H3,(H,21,23). The van der Waals surface area contributed by atoms with E-state index in [0.717, 1.165) is 16.0 Å². The summed E-state index contributed by atoms with van der Waals surface area (Å²) >= 11 is 1.29. The Morgan fingerprint density at radius 1 is 1.25 bits per heavy atom. The molecule has 0 spiro atoms. The average molecular weight is 402 g/mol. The van der Waals surface area contributed by atoms with Crippen molar-refractivity contribution in [1.29, 1.82) is 0 Å². The van der Waals surface area contributed by atoms with Crippen molar-refractivity contribution in [2.45, 2.75) is 26.8 Å². The molecule has 1 aromatic heterocycles. The normalized spacial score (nSPS) is 12.9. The molecule has 0 saturated carbocycles. The highest BCUT2D eigenvalue weighted by atomic mass is 32.1. The molecule has 1 aliphatic rings. The van der Waals surface area contributed by atoms with Gasteiger partial charge in [0.05, 0.1) is 25.8 Å². The van der Waals surface area contributed by atoms with Crippen LogP contribution in [0.15, 0.2) is 24.3 Å². The molecule has 0 bridgehead atoms. The topological polar surface area (TPSA) is 84.9 Å². The first-order valence-corrected chi connectivity index (χ1v) is 9.79. The molecule has 0 aliphatic carbocycles. The molecule has 3 rings (SSSR count). The molecule has 148 valence electrons. The molecule has 0 atom stereocenters. The SMILES string of the molecule is CCOC(=O)c1c(NC(=O)c2ccccc2C)sc2c1CCN(C(=O)OC)C2. The molecule has 1 aromatic carbocycles. The molecular formula is C20H22N2O5S. The fraction of sp³-hybridized carbons (Fsp3) is 0.350. The van der Waals surface area contributed by atoms with Crippen LogP contribution in [0.2, 0.25) is 0 Å². The number of nitrogens with zero attached hydrogens (tertiary/aromatic N) is 1. The zero-order valence-electron chi connectivity index (χ0n) is 16.0. The third-order valence-corrected chi connectivity index (χ3v) is 5.72. The minimum atomic E-state index is -0.466. The molecule has 1 aliphatic heterocycles. The minimum Gasteiger partial charge on any atom is -0.462 e. The van der Waals surface area contributed by atoms with Gasteiger partial charge in [-0.1, -0.05) is 18.2 Å². The molecule has 28 heavy (non-hydrogen) atoms. The summed E-state index contributed by atoms with van der Waals surface area (Å²) < 4.78 is 10.0. The number of hydrogen-bond donors (Lipinski definition) is 1. The first kappa shape index (κ1) is 19.9. The predicted molar refractivity (Wildman–Crippen MR) is 106 cm³/mol. The van der Waals surface area contributed by atoms with E-state index in [9.17, 15) is 14.4 Å². The third kappa shape index (κ3) is 3.87. The first-order chi connectivity index (χ1) is 13.5. The van der Waals surface area contributed by atoms with Crippen LogP contribution in [0.25, 0.3) is 0 Å². The lowest BCUT2D eigenvalue weighted by molar-refractivity contribution is 0.0526. The van der Waals surface area contributed by atoms with Crippen molar-refractivity contribution in [1.82, 2.24) is 4.90 Å². The van der Waals surface area contributed by atoms with Crippen molar-refractivity contribution in [2.75, 3.05) is 25.6 Å². The molecule has 2 amide bonds. The van der Waals surface area contributed by atoms with Crippen LogP contribution < -0.4 is 5.32 Å². The fourth-order valence-electron chi connectivity index (χ4n) is 3.19. The minimum absolute atomic E-state index is 0.239. The number of thiophene rings is 1. The van der Waals surface area contributed by atoms with Gasteiger partial charge in [0.2, 0.25) is 0 Å². The maximum absolute atomic E-state index is 12.8. The number of ether oxygens (including phenoxy) is 2. The Bertz CT molecular complexity index is 921. The number of anilines is 1. The summed E-state index contributed by atoms with van der Waals surface area (Å²) in [6.45, 7) is 4.60. The molecular weight excluding hydrogens is 380 g/mol. The second-order valence-electron chi connectivity index (χ2n) is 6.34. The van der Waals surface area contributed by atoms with Gasteiger partial charge in [-0.2, -0.15) is 0 Å². The summed E-state index contributed by atoms with van der Waals surface area (Å²) in [5.74, 6) is -0.751. The highest BCUT2D eigenvalue weighted by Gasteiger charge is 2.31. The molecule has 0 radical (unpaired) electrons. The Morgan fingerprint density at radius 3 is 2.68 bits per heavy atom. The van der Waals surface area contributed by atoms with Crippen molar-refractivity contribution in [3.8, 4) is 0 Å². The molecule has 2 aromatic rings. The number of carbonyl (C=O) groups excluding carboxylic acids is 3. The van der Waals surface area contributed by atoms with Crippen LogP contribution in [0.5, 0.6) is 0 Å². The highest BCUT2D eigenvalue weighted by molar-refractivity contribution is 7.17. The van der Waals surface area contributed by atoms with Crippen molar-refractivity contribution in [2.24, 2.45) is 0 Å². The van der Waals surface area contributed by atoms with E-state index < -0.39 is 12.1 Å². The first-order valence-electron chi connectivity index (χ1n) is 8.97. The van der Waals surface area contributed by atoms with Crippen LogP contribution in [0.4, 0.5) is 9.80 Å². The fourth-order valence-corrected chi connectivity index (χ4v) is 4.44. The summed E-state index contributed by atoms with van der Waals surface area (Å²) in [4.78, 5) is 39.6. The van der Waals surface area contributed by atoms with Crippen molar-refractivity contribution < 1.29 is 23.9 Å². The molecule has 0 fully saturated rings. The molecule has 0 saturated heterocycles. The van der Waals surface area contributed by atoms with E-state index in [1.807, 2.05) is 19.1 Å². The third-order valence-electron chi connectivity index (χ3n) is 4.59. The monoisotopic (exact) mass is 402 g/mol. The van der Waals surface area contributed by atoms with Crippen LogP contribution in [-0.2, 0) is 22.4 Å². The van der Waals surface area contributed by atoms with Crippen molar-refractivity contribution in [3.05, 3.63) is 51.4 Å². The number of esters is 1. The number of methoxy groups -OCH3 is 1. The van der Waals surface area contributed by atoms with Gasteiger partial charge >= 0.3 is 12.1 Å². The van der Waals surface area contributed by atoms with Crippen LogP contribution in [0.1, 0.15) is 43.6 Å². The molecule has 0 unspecified atom stereocenters. The summed E-state index contributed by atoms with van der Waals surface area (Å²) in [7, 11) is 1.34. The lowest BCUT2D eigenvalue weighted by Gasteiger charge is -2.25. The zero-order chi connectivity index (χ0) is 20.3. The summed E-state index contributed by atoms with van der Waals surface area (Å²) in [5, 5.41) is 3.31. The number of rotatable bonds is 4. The van der Waals surface area contributed by atoms with Crippen LogP contribution >= 0.6 is 11.3 Å². The van der Waals surface area contributed by atoms with Crippen LogP contribution in [0, 0.1) is 6.92 Å². The smallest absolute Gasteiger partial charge is 0.409 e. The lowest BCUT2D eigenvalue weighted by atomic mass is 10.0. The van der Waals surface area contributed by atoms with Crippen molar-refractivity contribution in [3.63, 3.8) is 0 Å². The predicted octanol–water partition coefficient (Wildman–Crippen LogP) is 3.61. The Kier molecular flexibility index (Phi) is 5.99. The van der Waals surface area contributed by atoms with Gasteiger partial charge in [-0.25, -0.2) is 9.59 Å². The summed E-state index contributed by atoms with van der Waals surface area (Å²) in [5.41, 5.74) is 2.59. The summed E-state index contributed by atoms with van der Waals surface area (Å²) in [6.07, 6.45) is 0.0808. The van der Waals surface area contributed by atoms with E-state index in [2.05, 4.69) is 5.32 Å². The van der Waals surface area contributed by atoms with E-state index in [1.165, 1.54) is 18.4 Å². The van der Waals surface area contributed by atoms with Gasteiger partial charge < -0.3 is 19.7 Å². The molecule has 1 N–H and O–H groups in total. The second-order valence-corrected chi connectivity index (χ2v) is 7.44. The van der Waals surface area contributed by atoms with Gasteiger partial charge in [-0.05, 0) is 37.5 Å². The van der Waals surface area contributed by atoms with Gasteiger partial charge in [0, 0.05) is 17.0 Å². The van der Waals surface area contributed by atoms with E-state index in [-0.39, 0.29) is 12.5 Å². The molecule has 7 nitrogen and oxygen atoms in total. The Labute approximate surface area is 167 Å². The van der Waals surface area contributed by atoms with Gasteiger partial charge in [0.1, 0.15) is 5.00 Å². The molecule has 2 heterocycles. The van der Waals surface area contributed by atoms with E-state index in [1.54, 1.807) is 24.0 Å². The second kappa shape index (κ2) is 8.43. The lowest BCUT2D eigenvalue weighted by Crippen LogP contribution is -2.35. The number of fused-ring (bicyclic) bond motifs is 1. The van der Waals surface area contributed by atoms with Gasteiger partial charge in [0.15, 0.2) is 0 Å². The van der Waals surface area contributed by atoms with Crippen molar-refractivity contribution >= 4 is 34.3 Å².